The molecular formula is C14H11FO2. The maximum atomic E-state index is 13.3. The molecule has 17 heavy (non-hydrogen) atoms. The summed E-state index contributed by atoms with van der Waals surface area (Å²) in [5.74, 6) is 0.472. The largest absolute Gasteiger partial charge is 0.457 e. The lowest BCUT2D eigenvalue weighted by Gasteiger charge is -2.08. The summed E-state index contributed by atoms with van der Waals surface area (Å²) in [5.41, 5.74) is 0.995. The van der Waals surface area contributed by atoms with Crippen molar-refractivity contribution in [2.24, 2.45) is 0 Å². The smallest absolute Gasteiger partial charge is 0.153 e. The second-order valence-electron chi connectivity index (χ2n) is 3.67. The molecule has 0 heterocycles. The van der Waals surface area contributed by atoms with Gasteiger partial charge in [-0.1, -0.05) is 18.2 Å². The molecule has 0 fully saturated rings. The highest BCUT2D eigenvalue weighted by Crippen LogP contribution is 2.25. The fourth-order valence-electron chi connectivity index (χ4n) is 1.43. The molecule has 0 saturated heterocycles. The first-order valence-electron chi connectivity index (χ1n) is 5.19. The summed E-state index contributed by atoms with van der Waals surface area (Å²) < 4.78 is 18.8. The molecule has 0 atom stereocenters. The Labute approximate surface area is 98.7 Å². The van der Waals surface area contributed by atoms with Crippen molar-refractivity contribution in [2.75, 3.05) is 0 Å². The molecule has 0 aliphatic heterocycles. The number of carbonyl (C=O) groups excluding carboxylic acids is 1. The summed E-state index contributed by atoms with van der Waals surface area (Å²) in [6.07, 6.45) is 0.708. The maximum Gasteiger partial charge on any atom is 0.153 e. The van der Waals surface area contributed by atoms with Gasteiger partial charge in [-0.15, -0.1) is 0 Å². The maximum absolute atomic E-state index is 13.3. The zero-order valence-corrected chi connectivity index (χ0v) is 9.31. The summed E-state index contributed by atoms with van der Waals surface area (Å²) in [5, 5.41) is 0. The van der Waals surface area contributed by atoms with Gasteiger partial charge in [0.05, 0.1) is 5.56 Å². The van der Waals surface area contributed by atoms with Crippen molar-refractivity contribution in [2.45, 2.75) is 6.92 Å². The molecule has 0 radical (unpaired) electrons. The van der Waals surface area contributed by atoms with E-state index in [-0.39, 0.29) is 5.82 Å². The second-order valence-corrected chi connectivity index (χ2v) is 3.67. The van der Waals surface area contributed by atoms with Crippen LogP contribution in [0.5, 0.6) is 11.5 Å². The van der Waals surface area contributed by atoms with Gasteiger partial charge < -0.3 is 4.74 Å². The zero-order valence-electron chi connectivity index (χ0n) is 9.31. The highest BCUT2D eigenvalue weighted by molar-refractivity contribution is 5.79. The molecule has 0 saturated carbocycles. The number of halogens is 1. The monoisotopic (exact) mass is 230 g/mol. The van der Waals surface area contributed by atoms with Gasteiger partial charge in [-0.2, -0.15) is 0 Å². The van der Waals surface area contributed by atoms with Gasteiger partial charge in [-0.3, -0.25) is 4.79 Å². The summed E-state index contributed by atoms with van der Waals surface area (Å²) in [6, 6.07) is 11.4. The van der Waals surface area contributed by atoms with Crippen LogP contribution in [0.15, 0.2) is 42.5 Å². The molecule has 0 aliphatic rings. The highest BCUT2D eigenvalue weighted by atomic mass is 19.1. The van der Waals surface area contributed by atoms with E-state index in [2.05, 4.69) is 0 Å². The Morgan fingerprint density at radius 1 is 1.18 bits per heavy atom. The standard InChI is InChI=1S/C14H11FO2/c1-10-6-7-12(8-13(10)15)17-14-5-3-2-4-11(14)9-16/h2-9H,1H3. The van der Waals surface area contributed by atoms with Crippen molar-refractivity contribution in [3.8, 4) is 11.5 Å². The second kappa shape index (κ2) is 4.78. The van der Waals surface area contributed by atoms with Gasteiger partial charge in [0.1, 0.15) is 17.3 Å². The molecule has 0 aliphatic carbocycles. The van der Waals surface area contributed by atoms with E-state index < -0.39 is 0 Å². The highest BCUT2D eigenvalue weighted by Gasteiger charge is 2.05. The number of hydrogen-bond acceptors (Lipinski definition) is 2. The number of aryl methyl sites for hydroxylation is 1. The number of hydrogen-bond donors (Lipinski definition) is 0. The van der Waals surface area contributed by atoms with Crippen molar-refractivity contribution in [1.82, 2.24) is 0 Å². The van der Waals surface area contributed by atoms with Gasteiger partial charge >= 0.3 is 0 Å². The molecular weight excluding hydrogens is 219 g/mol. The molecule has 2 rings (SSSR count). The predicted molar refractivity (Wildman–Crippen MR) is 63.0 cm³/mol. The van der Waals surface area contributed by atoms with E-state index >= 15 is 0 Å². The first kappa shape index (κ1) is 11.3. The number of rotatable bonds is 3. The Hall–Kier alpha value is -2.16. The third-order valence-corrected chi connectivity index (χ3v) is 2.42. The lowest BCUT2D eigenvalue weighted by Crippen LogP contribution is -1.91. The average molecular weight is 230 g/mol. The van der Waals surface area contributed by atoms with Crippen LogP contribution in [0.2, 0.25) is 0 Å². The summed E-state index contributed by atoms with van der Waals surface area (Å²) in [6.45, 7) is 1.68. The third kappa shape index (κ3) is 2.50. The van der Waals surface area contributed by atoms with E-state index in [0.29, 0.717) is 28.9 Å². The van der Waals surface area contributed by atoms with Crippen LogP contribution in [-0.2, 0) is 0 Å². The molecule has 2 nitrogen and oxygen atoms in total. The molecule has 0 N–H and O–H groups in total. The van der Waals surface area contributed by atoms with Gasteiger partial charge in [0.25, 0.3) is 0 Å². The molecule has 0 bridgehead atoms. The molecule has 0 amide bonds. The van der Waals surface area contributed by atoms with Gasteiger partial charge in [-0.25, -0.2) is 4.39 Å². The summed E-state index contributed by atoms with van der Waals surface area (Å²) >= 11 is 0. The topological polar surface area (TPSA) is 26.3 Å². The minimum atomic E-state index is -0.328. The Balaban J connectivity index is 2.31. The Morgan fingerprint density at radius 3 is 2.65 bits per heavy atom. The van der Waals surface area contributed by atoms with E-state index in [1.54, 1.807) is 43.3 Å². The van der Waals surface area contributed by atoms with E-state index in [4.69, 9.17) is 4.74 Å². The van der Waals surface area contributed by atoms with Crippen LogP contribution in [0.1, 0.15) is 15.9 Å². The van der Waals surface area contributed by atoms with Crippen LogP contribution in [0.3, 0.4) is 0 Å². The fourth-order valence-corrected chi connectivity index (χ4v) is 1.43. The Morgan fingerprint density at radius 2 is 1.94 bits per heavy atom. The van der Waals surface area contributed by atoms with Crippen molar-refractivity contribution >= 4 is 6.29 Å². The molecule has 2 aromatic rings. The van der Waals surface area contributed by atoms with Gasteiger partial charge in [0.15, 0.2) is 6.29 Å². The number of para-hydroxylation sites is 1. The zero-order chi connectivity index (χ0) is 12.3. The molecule has 86 valence electrons. The number of benzene rings is 2. The van der Waals surface area contributed by atoms with Crippen LogP contribution < -0.4 is 4.74 Å². The van der Waals surface area contributed by atoms with Gasteiger partial charge in [0, 0.05) is 6.07 Å². The molecule has 0 unspecified atom stereocenters. The van der Waals surface area contributed by atoms with Crippen molar-refractivity contribution in [3.05, 3.63) is 59.4 Å². The van der Waals surface area contributed by atoms with Crippen LogP contribution in [-0.4, -0.2) is 6.29 Å². The van der Waals surface area contributed by atoms with Crippen molar-refractivity contribution < 1.29 is 13.9 Å². The molecule has 3 heteroatoms. The van der Waals surface area contributed by atoms with Crippen molar-refractivity contribution in [3.63, 3.8) is 0 Å². The number of aldehydes is 1. The number of carbonyl (C=O) groups is 1. The van der Waals surface area contributed by atoms with Crippen LogP contribution in [0.4, 0.5) is 4.39 Å². The minimum absolute atomic E-state index is 0.328. The van der Waals surface area contributed by atoms with Crippen molar-refractivity contribution in [1.29, 1.82) is 0 Å². The van der Waals surface area contributed by atoms with E-state index in [9.17, 15) is 9.18 Å². The number of ether oxygens (including phenoxy) is 1. The molecule has 0 aromatic heterocycles. The lowest BCUT2D eigenvalue weighted by molar-refractivity contribution is 0.112. The average Bonchev–Trinajstić information content (AvgIpc) is 2.34. The van der Waals surface area contributed by atoms with Crippen LogP contribution in [0.25, 0.3) is 0 Å². The molecule has 2 aromatic carbocycles. The minimum Gasteiger partial charge on any atom is -0.457 e. The fraction of sp³-hybridized carbons (Fsp3) is 0.0714. The van der Waals surface area contributed by atoms with Crippen LogP contribution >= 0.6 is 0 Å². The Kier molecular flexibility index (Phi) is 3.19. The summed E-state index contributed by atoms with van der Waals surface area (Å²) in [4.78, 5) is 10.8. The summed E-state index contributed by atoms with van der Waals surface area (Å²) in [7, 11) is 0. The van der Waals surface area contributed by atoms with E-state index in [1.807, 2.05) is 0 Å². The lowest BCUT2D eigenvalue weighted by atomic mass is 10.2. The first-order chi connectivity index (χ1) is 8.20. The van der Waals surface area contributed by atoms with E-state index in [1.165, 1.54) is 6.07 Å². The third-order valence-electron chi connectivity index (χ3n) is 2.42. The SMILES string of the molecule is Cc1ccc(Oc2ccccc2C=O)cc1F. The predicted octanol–water partition coefficient (Wildman–Crippen LogP) is 3.74. The normalized spacial score (nSPS) is 10.0. The molecule has 0 spiro atoms. The quantitative estimate of drug-likeness (QED) is 0.751. The Bertz CT molecular complexity index is 550. The van der Waals surface area contributed by atoms with Crippen LogP contribution in [0, 0.1) is 12.7 Å². The first-order valence-corrected chi connectivity index (χ1v) is 5.19. The van der Waals surface area contributed by atoms with E-state index in [0.717, 1.165) is 0 Å². The van der Waals surface area contributed by atoms with Gasteiger partial charge in [-0.05, 0) is 30.7 Å². The van der Waals surface area contributed by atoms with Gasteiger partial charge in [0.2, 0.25) is 0 Å².